The normalized spacial score (nSPS) is 19.3. The number of nitrogens with zero attached hydrogens (tertiary/aromatic N) is 2. The molecule has 1 amide bonds. The van der Waals surface area contributed by atoms with Crippen LogP contribution in [0.3, 0.4) is 0 Å². The first-order chi connectivity index (χ1) is 13.1. The molecule has 0 radical (unpaired) electrons. The number of methoxy groups -OCH3 is 1. The predicted octanol–water partition coefficient (Wildman–Crippen LogP) is 4.20. The molecular formula is C20H19N3O3S. The summed E-state index contributed by atoms with van der Waals surface area (Å²) >= 11 is 1.38. The molecule has 2 aromatic rings. The van der Waals surface area contributed by atoms with E-state index < -0.39 is 11.8 Å². The third-order valence-electron chi connectivity index (χ3n) is 4.41. The summed E-state index contributed by atoms with van der Waals surface area (Å²) in [6, 6.07) is 12.9. The zero-order valence-corrected chi connectivity index (χ0v) is 16.0. The van der Waals surface area contributed by atoms with Gasteiger partial charge in [-0.25, -0.2) is 4.99 Å². The van der Waals surface area contributed by atoms with Gasteiger partial charge in [0.25, 0.3) is 0 Å². The van der Waals surface area contributed by atoms with Gasteiger partial charge < -0.3 is 14.5 Å². The molecule has 1 aromatic carbocycles. The number of rotatable bonds is 5. The second-order valence-electron chi connectivity index (χ2n) is 5.95. The van der Waals surface area contributed by atoms with Crippen molar-refractivity contribution in [3.05, 3.63) is 59.0 Å². The van der Waals surface area contributed by atoms with Gasteiger partial charge in [-0.2, -0.15) is 5.26 Å². The minimum atomic E-state index is -0.661. The van der Waals surface area contributed by atoms with Gasteiger partial charge in [0.15, 0.2) is 0 Å². The van der Waals surface area contributed by atoms with E-state index in [1.165, 1.54) is 11.8 Å². The van der Waals surface area contributed by atoms with E-state index in [2.05, 4.69) is 16.4 Å². The van der Waals surface area contributed by atoms with Crippen molar-refractivity contribution in [2.75, 3.05) is 18.7 Å². The molecule has 1 N–H and O–H groups in total. The number of nitriles is 1. The zero-order valence-electron chi connectivity index (χ0n) is 15.2. The highest BCUT2D eigenvalue weighted by atomic mass is 32.2. The summed E-state index contributed by atoms with van der Waals surface area (Å²) in [5.74, 6) is -0.333. The van der Waals surface area contributed by atoms with E-state index in [-0.39, 0.29) is 5.91 Å². The van der Waals surface area contributed by atoms with Crippen LogP contribution in [0.5, 0.6) is 5.75 Å². The van der Waals surface area contributed by atoms with Crippen LogP contribution in [0.2, 0.25) is 0 Å². The summed E-state index contributed by atoms with van der Waals surface area (Å²) in [7, 11) is 1.55. The van der Waals surface area contributed by atoms with Crippen LogP contribution in [0.1, 0.15) is 18.6 Å². The van der Waals surface area contributed by atoms with Gasteiger partial charge in [-0.15, -0.1) is 11.8 Å². The summed E-state index contributed by atoms with van der Waals surface area (Å²) in [6.45, 7) is 1.80. The van der Waals surface area contributed by atoms with Crippen LogP contribution in [0.4, 0.5) is 5.69 Å². The number of anilines is 1. The summed E-state index contributed by atoms with van der Waals surface area (Å²) in [5, 5.41) is 13.3. The van der Waals surface area contributed by atoms with Crippen molar-refractivity contribution in [1.29, 1.82) is 5.26 Å². The monoisotopic (exact) mass is 381 g/mol. The maximum atomic E-state index is 13.2. The topological polar surface area (TPSA) is 87.6 Å². The molecule has 0 spiro atoms. The van der Waals surface area contributed by atoms with Crippen LogP contribution in [0, 0.1) is 17.2 Å². The lowest BCUT2D eigenvalue weighted by Crippen LogP contribution is -2.36. The summed E-state index contributed by atoms with van der Waals surface area (Å²) in [5.41, 5.74) is 1.63. The summed E-state index contributed by atoms with van der Waals surface area (Å²) in [6.07, 6.45) is 3.40. The standard InChI is InChI=1S/C20H19N3O3S/c1-12-17(19(24)23-14-7-4-5-8-15(14)25-2)18(16-9-6-10-26-16)13(11-21)20(22-12)27-3/h4-10,17-18H,1-3H3,(H,23,24)/t17?,18-/m1/s1. The summed E-state index contributed by atoms with van der Waals surface area (Å²) < 4.78 is 10.9. The van der Waals surface area contributed by atoms with Gasteiger partial charge >= 0.3 is 0 Å². The Balaban J connectivity index is 2.02. The minimum absolute atomic E-state index is 0.268. The first-order valence-electron chi connectivity index (χ1n) is 8.31. The molecule has 6 nitrogen and oxygen atoms in total. The molecular weight excluding hydrogens is 362 g/mol. The molecule has 1 unspecified atom stereocenters. The van der Waals surface area contributed by atoms with Crippen molar-refractivity contribution in [3.63, 3.8) is 0 Å². The highest BCUT2D eigenvalue weighted by Gasteiger charge is 2.41. The Kier molecular flexibility index (Phi) is 5.67. The molecule has 138 valence electrons. The average Bonchev–Trinajstić information content (AvgIpc) is 3.21. The summed E-state index contributed by atoms with van der Waals surface area (Å²) in [4.78, 5) is 17.7. The molecule has 3 rings (SSSR count). The Morgan fingerprint density at radius 3 is 2.74 bits per heavy atom. The molecule has 2 heterocycles. The van der Waals surface area contributed by atoms with E-state index in [0.29, 0.717) is 33.5 Å². The molecule has 1 aliphatic heterocycles. The predicted molar refractivity (Wildman–Crippen MR) is 106 cm³/mol. The molecule has 2 atom stereocenters. The van der Waals surface area contributed by atoms with Crippen LogP contribution in [0.25, 0.3) is 0 Å². The zero-order chi connectivity index (χ0) is 19.4. The Hall–Kier alpha value is -2.98. The smallest absolute Gasteiger partial charge is 0.234 e. The van der Waals surface area contributed by atoms with E-state index >= 15 is 0 Å². The Bertz CT molecular complexity index is 942. The van der Waals surface area contributed by atoms with Crippen molar-refractivity contribution < 1.29 is 13.9 Å². The molecule has 0 saturated heterocycles. The van der Waals surface area contributed by atoms with E-state index in [1.54, 1.807) is 44.6 Å². The van der Waals surface area contributed by atoms with Crippen LogP contribution < -0.4 is 10.1 Å². The van der Waals surface area contributed by atoms with Gasteiger partial charge in [0.05, 0.1) is 42.5 Å². The lowest BCUT2D eigenvalue weighted by molar-refractivity contribution is -0.118. The molecule has 0 saturated carbocycles. The number of amides is 1. The van der Waals surface area contributed by atoms with Gasteiger partial charge in [-0.3, -0.25) is 4.79 Å². The van der Waals surface area contributed by atoms with Crippen molar-refractivity contribution in [1.82, 2.24) is 0 Å². The van der Waals surface area contributed by atoms with Crippen molar-refractivity contribution in [2.24, 2.45) is 10.9 Å². The number of carbonyl (C=O) groups is 1. The second-order valence-corrected chi connectivity index (χ2v) is 6.74. The number of ether oxygens (including phenoxy) is 1. The Labute approximate surface area is 161 Å². The number of benzene rings is 1. The molecule has 1 aliphatic rings. The fraction of sp³-hybridized carbons (Fsp3) is 0.250. The number of nitrogens with one attached hydrogen (secondary N) is 1. The number of hydrogen-bond donors (Lipinski definition) is 1. The highest BCUT2D eigenvalue weighted by Crippen LogP contribution is 2.42. The van der Waals surface area contributed by atoms with Crippen molar-refractivity contribution >= 4 is 29.1 Å². The third kappa shape index (κ3) is 3.62. The number of thioether (sulfide) groups is 1. The quantitative estimate of drug-likeness (QED) is 0.839. The van der Waals surface area contributed by atoms with Gasteiger partial charge in [-0.05, 0) is 37.4 Å². The van der Waals surface area contributed by atoms with Gasteiger partial charge in [0.1, 0.15) is 16.5 Å². The SMILES string of the molecule is COc1ccccc1NC(=O)C1C(C)=NC(SC)=C(C#N)[C@@H]1c1ccco1. The van der Waals surface area contributed by atoms with Crippen molar-refractivity contribution in [2.45, 2.75) is 12.8 Å². The van der Waals surface area contributed by atoms with Crippen molar-refractivity contribution in [3.8, 4) is 11.8 Å². The molecule has 1 aromatic heterocycles. The number of allylic oxidation sites excluding steroid dienone is 1. The van der Waals surface area contributed by atoms with E-state index in [1.807, 2.05) is 18.4 Å². The van der Waals surface area contributed by atoms with Crippen LogP contribution in [-0.2, 0) is 4.79 Å². The fourth-order valence-corrected chi connectivity index (χ4v) is 3.81. The third-order valence-corrected chi connectivity index (χ3v) is 5.11. The second kappa shape index (κ2) is 8.14. The highest BCUT2D eigenvalue weighted by molar-refractivity contribution is 8.02. The first-order valence-corrected chi connectivity index (χ1v) is 9.53. The van der Waals surface area contributed by atoms with E-state index in [9.17, 15) is 10.1 Å². The van der Waals surface area contributed by atoms with E-state index in [4.69, 9.17) is 9.15 Å². The van der Waals surface area contributed by atoms with Crippen LogP contribution >= 0.6 is 11.8 Å². The molecule has 27 heavy (non-hydrogen) atoms. The average molecular weight is 381 g/mol. The lowest BCUT2D eigenvalue weighted by Gasteiger charge is -2.29. The first kappa shape index (κ1) is 18.8. The van der Waals surface area contributed by atoms with Gasteiger partial charge in [-0.1, -0.05) is 12.1 Å². The Morgan fingerprint density at radius 2 is 2.11 bits per heavy atom. The minimum Gasteiger partial charge on any atom is -0.495 e. The number of para-hydroxylation sites is 2. The molecule has 0 bridgehead atoms. The number of furan rings is 1. The number of carbonyl (C=O) groups excluding carboxylic acids is 1. The number of aliphatic imine (C=N–C) groups is 1. The maximum absolute atomic E-state index is 13.2. The maximum Gasteiger partial charge on any atom is 0.234 e. The molecule has 0 fully saturated rings. The molecule has 0 aliphatic carbocycles. The lowest BCUT2D eigenvalue weighted by atomic mass is 9.79. The Morgan fingerprint density at radius 1 is 1.33 bits per heavy atom. The van der Waals surface area contributed by atoms with E-state index in [0.717, 1.165) is 0 Å². The number of hydrogen-bond acceptors (Lipinski definition) is 6. The van der Waals surface area contributed by atoms with Crippen LogP contribution in [-0.4, -0.2) is 25.0 Å². The van der Waals surface area contributed by atoms with Gasteiger partial charge in [0, 0.05) is 5.71 Å². The fourth-order valence-electron chi connectivity index (χ4n) is 3.18. The largest absolute Gasteiger partial charge is 0.495 e. The van der Waals surface area contributed by atoms with Crippen LogP contribution in [0.15, 0.2) is 62.7 Å². The van der Waals surface area contributed by atoms with Gasteiger partial charge in [0.2, 0.25) is 5.91 Å². The molecule has 7 heteroatoms.